The van der Waals surface area contributed by atoms with Crippen LogP contribution in [0.15, 0.2) is 11.4 Å². The second-order valence-electron chi connectivity index (χ2n) is 3.80. The Bertz CT molecular complexity index is 429. The van der Waals surface area contributed by atoms with Crippen molar-refractivity contribution in [2.45, 2.75) is 25.8 Å². The van der Waals surface area contributed by atoms with E-state index in [4.69, 9.17) is 9.84 Å². The fourth-order valence-corrected chi connectivity index (χ4v) is 1.90. The van der Waals surface area contributed by atoms with Gasteiger partial charge in [-0.1, -0.05) is 6.92 Å². The zero-order valence-corrected chi connectivity index (χ0v) is 10.8. The summed E-state index contributed by atoms with van der Waals surface area (Å²) in [6.07, 6.45) is 0.316. The average molecular weight is 257 g/mol. The van der Waals surface area contributed by atoms with E-state index in [-0.39, 0.29) is 0 Å². The van der Waals surface area contributed by atoms with Crippen LogP contribution in [0.4, 0.5) is 0 Å². The van der Waals surface area contributed by atoms with Crippen LogP contribution in [-0.2, 0) is 4.79 Å². The number of carbonyl (C=O) groups excluding carboxylic acids is 1. The number of hydrogen-bond donors (Lipinski definition) is 2. The Labute approximate surface area is 103 Å². The molecule has 1 amide bonds. The highest BCUT2D eigenvalue weighted by molar-refractivity contribution is 7.12. The van der Waals surface area contributed by atoms with Crippen molar-refractivity contribution < 1.29 is 19.4 Å². The molecule has 1 atom stereocenters. The van der Waals surface area contributed by atoms with E-state index in [1.165, 1.54) is 25.4 Å². The van der Waals surface area contributed by atoms with E-state index in [2.05, 4.69) is 5.32 Å². The van der Waals surface area contributed by atoms with Crippen molar-refractivity contribution in [3.8, 4) is 5.75 Å². The molecule has 0 aromatic carbocycles. The van der Waals surface area contributed by atoms with Crippen molar-refractivity contribution in [1.82, 2.24) is 5.32 Å². The summed E-state index contributed by atoms with van der Waals surface area (Å²) in [7, 11) is 1.51. The van der Waals surface area contributed by atoms with Gasteiger partial charge < -0.3 is 15.2 Å². The first-order valence-electron chi connectivity index (χ1n) is 5.11. The molecule has 0 fully saturated rings. The topological polar surface area (TPSA) is 75.6 Å². The summed E-state index contributed by atoms with van der Waals surface area (Å²) < 4.78 is 4.96. The predicted molar refractivity (Wildman–Crippen MR) is 64.7 cm³/mol. The van der Waals surface area contributed by atoms with Crippen LogP contribution in [-0.4, -0.2) is 29.6 Å². The van der Waals surface area contributed by atoms with Crippen molar-refractivity contribution in [1.29, 1.82) is 0 Å². The van der Waals surface area contributed by atoms with E-state index in [1.807, 2.05) is 0 Å². The van der Waals surface area contributed by atoms with E-state index in [0.29, 0.717) is 17.0 Å². The molecule has 5 nitrogen and oxygen atoms in total. The summed E-state index contributed by atoms with van der Waals surface area (Å²) in [4.78, 5) is 23.3. The maximum absolute atomic E-state index is 11.8. The minimum absolute atomic E-state index is 0.316. The Morgan fingerprint density at radius 2 is 2.24 bits per heavy atom. The van der Waals surface area contributed by atoms with Crippen molar-refractivity contribution in [3.05, 3.63) is 16.3 Å². The molecule has 2 N–H and O–H groups in total. The Morgan fingerprint density at radius 3 is 2.65 bits per heavy atom. The standard InChI is InChI=1S/C11H15NO4S/c1-4-11(2,10(14)15)12-9(13)8-5-7(16-3)6-17-8/h5-6H,4H2,1-3H3,(H,12,13)(H,14,15). The number of carbonyl (C=O) groups is 2. The fraction of sp³-hybridized carbons (Fsp3) is 0.455. The number of aliphatic carboxylic acids is 1. The first-order valence-corrected chi connectivity index (χ1v) is 5.99. The lowest BCUT2D eigenvalue weighted by Gasteiger charge is -2.24. The molecular weight excluding hydrogens is 242 g/mol. The molecule has 1 rings (SSSR count). The second-order valence-corrected chi connectivity index (χ2v) is 4.71. The van der Waals surface area contributed by atoms with Gasteiger partial charge in [-0.05, 0) is 13.3 Å². The van der Waals surface area contributed by atoms with Crippen LogP contribution in [0.25, 0.3) is 0 Å². The Balaban J connectivity index is 2.81. The molecule has 1 heterocycles. The predicted octanol–water partition coefficient (Wildman–Crippen LogP) is 1.74. The lowest BCUT2D eigenvalue weighted by molar-refractivity contribution is -0.143. The third kappa shape index (κ3) is 2.97. The van der Waals surface area contributed by atoms with Crippen molar-refractivity contribution in [2.75, 3.05) is 7.11 Å². The summed E-state index contributed by atoms with van der Waals surface area (Å²) in [6, 6.07) is 1.58. The van der Waals surface area contributed by atoms with Gasteiger partial charge in [-0.2, -0.15) is 0 Å². The minimum atomic E-state index is -1.24. The molecule has 6 heteroatoms. The summed E-state index contributed by atoms with van der Waals surface area (Å²) in [5.74, 6) is -0.851. The molecule has 0 bridgehead atoms. The highest BCUT2D eigenvalue weighted by Gasteiger charge is 2.33. The van der Waals surface area contributed by atoms with Crippen LogP contribution in [0.1, 0.15) is 29.9 Å². The highest BCUT2D eigenvalue weighted by Crippen LogP contribution is 2.22. The third-order valence-electron chi connectivity index (χ3n) is 2.60. The zero-order valence-electron chi connectivity index (χ0n) is 9.94. The first-order chi connectivity index (χ1) is 7.92. The fourth-order valence-electron chi connectivity index (χ4n) is 1.15. The van der Waals surface area contributed by atoms with Gasteiger partial charge in [0.25, 0.3) is 5.91 Å². The average Bonchev–Trinajstić information content (AvgIpc) is 2.77. The molecule has 17 heavy (non-hydrogen) atoms. The van der Waals surface area contributed by atoms with Gasteiger partial charge in [-0.15, -0.1) is 11.3 Å². The molecule has 1 aromatic heterocycles. The number of ether oxygens (including phenoxy) is 1. The number of amides is 1. The molecule has 0 saturated heterocycles. The minimum Gasteiger partial charge on any atom is -0.496 e. The van der Waals surface area contributed by atoms with Gasteiger partial charge in [0.1, 0.15) is 11.3 Å². The van der Waals surface area contributed by atoms with Crippen molar-refractivity contribution in [3.63, 3.8) is 0 Å². The quantitative estimate of drug-likeness (QED) is 0.842. The maximum atomic E-state index is 11.8. The SMILES string of the molecule is CCC(C)(NC(=O)c1cc(OC)cs1)C(=O)O. The highest BCUT2D eigenvalue weighted by atomic mass is 32.1. The number of hydrogen-bond acceptors (Lipinski definition) is 4. The van der Waals surface area contributed by atoms with Crippen LogP contribution in [0.5, 0.6) is 5.75 Å². The monoisotopic (exact) mass is 257 g/mol. The van der Waals surface area contributed by atoms with Gasteiger partial charge >= 0.3 is 5.97 Å². The molecule has 1 unspecified atom stereocenters. The molecule has 0 spiro atoms. The maximum Gasteiger partial charge on any atom is 0.329 e. The number of methoxy groups -OCH3 is 1. The van der Waals surface area contributed by atoms with E-state index in [9.17, 15) is 9.59 Å². The van der Waals surface area contributed by atoms with Gasteiger partial charge in [0, 0.05) is 11.4 Å². The molecule has 0 radical (unpaired) electrons. The molecule has 1 aromatic rings. The molecule has 0 saturated carbocycles. The van der Waals surface area contributed by atoms with Crippen LogP contribution in [0.3, 0.4) is 0 Å². The van der Waals surface area contributed by atoms with Crippen LogP contribution in [0, 0.1) is 0 Å². The smallest absolute Gasteiger partial charge is 0.329 e. The Morgan fingerprint density at radius 1 is 1.59 bits per heavy atom. The lowest BCUT2D eigenvalue weighted by Crippen LogP contribution is -2.51. The Kier molecular flexibility index (Phi) is 4.11. The van der Waals surface area contributed by atoms with Crippen molar-refractivity contribution in [2.24, 2.45) is 0 Å². The van der Waals surface area contributed by atoms with E-state index >= 15 is 0 Å². The summed E-state index contributed by atoms with van der Waals surface area (Å²) in [5.41, 5.74) is -1.24. The van der Waals surface area contributed by atoms with Gasteiger partial charge in [0.05, 0.1) is 12.0 Å². The number of rotatable bonds is 5. The van der Waals surface area contributed by atoms with Gasteiger partial charge in [-0.3, -0.25) is 4.79 Å². The van der Waals surface area contributed by atoms with Crippen LogP contribution >= 0.6 is 11.3 Å². The van der Waals surface area contributed by atoms with Crippen LogP contribution < -0.4 is 10.1 Å². The van der Waals surface area contributed by atoms with Gasteiger partial charge in [0.2, 0.25) is 0 Å². The largest absolute Gasteiger partial charge is 0.496 e. The number of carboxylic acids is 1. The van der Waals surface area contributed by atoms with Gasteiger partial charge in [-0.25, -0.2) is 4.79 Å². The Hall–Kier alpha value is -1.56. The van der Waals surface area contributed by atoms with E-state index in [0.717, 1.165) is 0 Å². The third-order valence-corrected chi connectivity index (χ3v) is 3.51. The van der Waals surface area contributed by atoms with E-state index in [1.54, 1.807) is 18.4 Å². The molecule has 0 aliphatic heterocycles. The van der Waals surface area contributed by atoms with E-state index < -0.39 is 17.4 Å². The van der Waals surface area contributed by atoms with Crippen LogP contribution in [0.2, 0.25) is 0 Å². The number of nitrogens with one attached hydrogen (secondary N) is 1. The first kappa shape index (κ1) is 13.5. The van der Waals surface area contributed by atoms with Gasteiger partial charge in [0.15, 0.2) is 0 Å². The second kappa shape index (κ2) is 5.18. The number of thiophene rings is 1. The molecule has 0 aliphatic carbocycles. The summed E-state index contributed by atoms with van der Waals surface area (Å²) in [6.45, 7) is 3.20. The molecule has 0 aliphatic rings. The molecule has 94 valence electrons. The van der Waals surface area contributed by atoms with Crippen molar-refractivity contribution >= 4 is 23.2 Å². The number of carboxylic acid groups (broad SMARTS) is 1. The zero-order chi connectivity index (χ0) is 13.1. The lowest BCUT2D eigenvalue weighted by atomic mass is 9.99. The summed E-state index contributed by atoms with van der Waals surface area (Å²) >= 11 is 1.22. The molecular formula is C11H15NO4S. The normalized spacial score (nSPS) is 13.8. The summed E-state index contributed by atoms with van der Waals surface area (Å²) in [5, 5.41) is 13.2.